The SMILES string of the molecule is Cc1ccnc(NS(=O)(=O)c2ccc(NC(=O)c3cccc(CSc4ncnc5[nH]ncc45)c3)cc2)n1.N#Cc1cccc(NC(=O)c2cccc(CSc3ncnc4[nH]ncc34)c2)c1.O=C(Nc1ccc(OCc2ccccc2)cc1)c1cccc(CSc2cnccn2)c1. The first kappa shape index (κ1) is 65.8. The number of thioether (sulfide) groups is 3. The van der Waals surface area contributed by atoms with Gasteiger partial charge in [-0.05, 0) is 138 Å². The average Bonchev–Trinajstić information content (AvgIpc) is 1.59. The van der Waals surface area contributed by atoms with Gasteiger partial charge >= 0.3 is 0 Å². The number of aromatic amines is 2. The van der Waals surface area contributed by atoms with Crippen molar-refractivity contribution in [3.05, 3.63) is 282 Å². The number of nitrogens with zero attached hydrogens (tertiary/aromatic N) is 11. The molecule has 3 amide bonds. The van der Waals surface area contributed by atoms with Gasteiger partial charge in [-0.3, -0.25) is 29.6 Å². The third kappa shape index (κ3) is 18.5. The number of sulfonamides is 1. The summed E-state index contributed by atoms with van der Waals surface area (Å²) in [6, 6.07) is 56.1. The highest BCUT2D eigenvalue weighted by atomic mass is 32.2. The summed E-state index contributed by atoms with van der Waals surface area (Å²) in [5.74, 6) is 2.03. The fraction of sp³-hybridized carbons (Fsp3) is 0.0725. The van der Waals surface area contributed by atoms with E-state index < -0.39 is 10.0 Å². The number of hydrogen-bond acceptors (Lipinski definition) is 20. The first-order valence-electron chi connectivity index (χ1n) is 29.2. The van der Waals surface area contributed by atoms with Gasteiger partial charge in [-0.15, -0.1) is 35.3 Å². The van der Waals surface area contributed by atoms with Gasteiger partial charge in [-0.25, -0.2) is 48.0 Å². The normalized spacial score (nSPS) is 10.8. The molecule has 0 fully saturated rings. The fourth-order valence-corrected chi connectivity index (χ4v) is 12.5. The second-order valence-corrected chi connectivity index (χ2v) is 25.2. The van der Waals surface area contributed by atoms with E-state index in [9.17, 15) is 22.8 Å². The standard InChI is InChI=1S/C25H21N3O2S.C24H20N8O3S2.C20H14N6OS/c29-25(21-8-4-7-20(15-21)18-31-24-16-26-13-14-27-24)28-22-9-11-23(12-10-22)30-17-19-5-2-1-3-6-19;1-15-9-10-25-24(29-15)32-37(34,35)19-7-5-18(6-8-19)30-22(33)17-4-2-3-16(11-17)13-36-23-20-12-28-31-21(20)26-14-27-23;21-9-13-3-2-6-16(8-13)25-19(27)15-5-1-4-14(7-15)11-28-20-17-10-24-26-18(17)22-12-23-20/h1-16H,17-18H2,(H,28,29);2-12,14H,13H2,1H3,(H,30,33)(H,25,29,32)(H,26,27,28,31);1-8,10,12H,11H2,(H,25,27)(H,22,23,24,26). The Kier molecular flexibility index (Phi) is 22.1. The van der Waals surface area contributed by atoms with Gasteiger partial charge in [0.05, 0.1) is 45.9 Å². The highest BCUT2D eigenvalue weighted by molar-refractivity contribution is 7.99. The Morgan fingerprint density at radius 2 is 1.05 bits per heavy atom. The van der Waals surface area contributed by atoms with E-state index in [1.54, 1.807) is 110 Å². The van der Waals surface area contributed by atoms with Gasteiger partial charge in [0.1, 0.15) is 40.1 Å². The van der Waals surface area contributed by atoms with Gasteiger partial charge in [-0.2, -0.15) is 15.5 Å². The molecule has 0 saturated carbocycles. The van der Waals surface area contributed by atoms with Gasteiger partial charge in [0.2, 0.25) is 5.95 Å². The number of hydrogen-bond donors (Lipinski definition) is 6. The zero-order valence-electron chi connectivity index (χ0n) is 50.8. The van der Waals surface area contributed by atoms with E-state index in [4.69, 9.17) is 10.00 Å². The number of rotatable bonds is 21. The van der Waals surface area contributed by atoms with Crippen LogP contribution in [0, 0.1) is 18.3 Å². The van der Waals surface area contributed by atoms with Crippen LogP contribution < -0.4 is 25.4 Å². The van der Waals surface area contributed by atoms with Crippen LogP contribution in [0.2, 0.25) is 0 Å². The highest BCUT2D eigenvalue weighted by Gasteiger charge is 2.18. The molecule has 6 N–H and O–H groups in total. The molecule has 6 aromatic heterocycles. The summed E-state index contributed by atoms with van der Waals surface area (Å²) in [6.07, 6.45) is 12.9. The number of ether oxygens (including phenoxy) is 1. The molecule has 0 spiro atoms. The quantitative estimate of drug-likeness (QED) is 0.0287. The van der Waals surface area contributed by atoms with E-state index in [1.807, 2.05) is 109 Å². The van der Waals surface area contributed by atoms with Crippen LogP contribution in [0.15, 0.2) is 252 Å². The lowest BCUT2D eigenvalue weighted by Gasteiger charge is -2.09. The minimum Gasteiger partial charge on any atom is -0.489 e. The Morgan fingerprint density at radius 1 is 0.521 bits per heavy atom. The van der Waals surface area contributed by atoms with Gasteiger partial charge in [-0.1, -0.05) is 72.8 Å². The second kappa shape index (κ2) is 32.2. The van der Waals surface area contributed by atoms with Crippen molar-refractivity contribution in [2.24, 2.45) is 0 Å². The summed E-state index contributed by atoms with van der Waals surface area (Å²) >= 11 is 4.66. The first-order chi connectivity index (χ1) is 46.9. The lowest BCUT2D eigenvalue weighted by Crippen LogP contribution is -2.16. The van der Waals surface area contributed by atoms with Crippen LogP contribution in [0.25, 0.3) is 22.1 Å². The van der Waals surface area contributed by atoms with E-state index >= 15 is 0 Å². The van der Waals surface area contributed by atoms with Crippen LogP contribution in [-0.4, -0.2) is 86.4 Å². The molecular formula is C69H55N17O6S4. The van der Waals surface area contributed by atoms with Crippen LogP contribution in [0.4, 0.5) is 23.0 Å². The number of amides is 3. The Balaban J connectivity index is 0.000000148. The maximum Gasteiger partial charge on any atom is 0.264 e. The number of H-pyrrole nitrogens is 2. The highest BCUT2D eigenvalue weighted by Crippen LogP contribution is 2.29. The van der Waals surface area contributed by atoms with Crippen LogP contribution in [-0.2, 0) is 33.9 Å². The van der Waals surface area contributed by atoms with Crippen molar-refractivity contribution in [2.75, 3.05) is 20.7 Å². The molecule has 0 atom stereocenters. The van der Waals surface area contributed by atoms with Gasteiger partial charge in [0, 0.05) is 75.3 Å². The second-order valence-electron chi connectivity index (χ2n) is 20.6. The summed E-state index contributed by atoms with van der Waals surface area (Å²) in [7, 11) is -3.88. The van der Waals surface area contributed by atoms with E-state index in [2.05, 4.69) is 87.0 Å². The summed E-state index contributed by atoms with van der Waals surface area (Å²) < 4.78 is 33.4. The van der Waals surface area contributed by atoms with Crippen LogP contribution >= 0.6 is 35.3 Å². The maximum atomic E-state index is 12.8. The molecule has 476 valence electrons. The summed E-state index contributed by atoms with van der Waals surface area (Å²) in [5, 5.41) is 35.4. The number of nitriles is 1. The molecule has 0 aliphatic heterocycles. The van der Waals surface area contributed by atoms with Gasteiger partial charge < -0.3 is 20.7 Å². The molecule has 0 unspecified atom stereocenters. The topological polar surface area (TPSA) is 327 Å². The van der Waals surface area contributed by atoms with E-state index in [0.29, 0.717) is 74.5 Å². The zero-order chi connectivity index (χ0) is 66.5. The van der Waals surface area contributed by atoms with E-state index in [-0.39, 0.29) is 28.6 Å². The molecule has 0 aliphatic rings. The summed E-state index contributed by atoms with van der Waals surface area (Å²) in [4.78, 5) is 71.3. The first-order valence-corrected chi connectivity index (χ1v) is 33.6. The number of aryl methyl sites for hydroxylation is 1. The van der Waals surface area contributed by atoms with Gasteiger partial charge in [0.25, 0.3) is 27.7 Å². The molecule has 13 rings (SSSR count). The number of carbonyl (C=O) groups is 3. The third-order valence-electron chi connectivity index (χ3n) is 13.7. The smallest absolute Gasteiger partial charge is 0.264 e. The van der Waals surface area contributed by atoms with Crippen molar-refractivity contribution >= 4 is 108 Å². The van der Waals surface area contributed by atoms with E-state index in [0.717, 1.165) is 59.5 Å². The Morgan fingerprint density at radius 3 is 1.59 bits per heavy atom. The molecule has 96 heavy (non-hydrogen) atoms. The molecule has 6 heterocycles. The Hall–Kier alpha value is -11.7. The Bertz CT molecular complexity index is 4990. The number of carbonyl (C=O) groups excluding carboxylic acids is 3. The predicted octanol–water partition coefficient (Wildman–Crippen LogP) is 13.2. The number of nitrogens with one attached hydrogen (secondary N) is 6. The molecule has 0 aliphatic carbocycles. The lowest BCUT2D eigenvalue weighted by atomic mass is 10.1. The largest absolute Gasteiger partial charge is 0.489 e. The van der Waals surface area contributed by atoms with Crippen molar-refractivity contribution in [1.82, 2.24) is 60.3 Å². The molecule has 27 heteroatoms. The Labute approximate surface area is 563 Å². The van der Waals surface area contributed by atoms with Crippen molar-refractivity contribution in [1.29, 1.82) is 5.26 Å². The van der Waals surface area contributed by atoms with Crippen molar-refractivity contribution < 1.29 is 27.5 Å². The van der Waals surface area contributed by atoms with Crippen molar-refractivity contribution in [2.45, 2.75) is 50.8 Å². The van der Waals surface area contributed by atoms with E-state index in [1.165, 1.54) is 54.9 Å². The van der Waals surface area contributed by atoms with Crippen molar-refractivity contribution in [3.8, 4) is 11.8 Å². The molecule has 7 aromatic carbocycles. The molecule has 23 nitrogen and oxygen atoms in total. The molecule has 0 saturated heterocycles. The van der Waals surface area contributed by atoms with Crippen molar-refractivity contribution in [3.63, 3.8) is 0 Å². The lowest BCUT2D eigenvalue weighted by molar-refractivity contribution is 0.101. The monoisotopic (exact) mass is 1350 g/mol. The third-order valence-corrected chi connectivity index (χ3v) is 18.2. The number of fused-ring (bicyclic) bond motifs is 2. The van der Waals surface area contributed by atoms with Crippen LogP contribution in [0.3, 0.4) is 0 Å². The molecule has 0 radical (unpaired) electrons. The number of benzene rings is 7. The van der Waals surface area contributed by atoms with Gasteiger partial charge in [0.15, 0.2) is 11.3 Å². The molecule has 13 aromatic rings. The average molecular weight is 1350 g/mol. The number of aromatic nitrogens is 12. The zero-order valence-corrected chi connectivity index (χ0v) is 54.0. The molecular weight excluding hydrogens is 1290 g/mol. The number of anilines is 4. The maximum absolute atomic E-state index is 12.8. The molecule has 0 bridgehead atoms. The predicted molar refractivity (Wildman–Crippen MR) is 370 cm³/mol. The van der Waals surface area contributed by atoms with Crippen LogP contribution in [0.1, 0.15) is 64.6 Å². The van der Waals surface area contributed by atoms with Crippen LogP contribution in [0.5, 0.6) is 5.75 Å². The summed E-state index contributed by atoms with van der Waals surface area (Å²) in [5.41, 5.74) is 10.0. The summed E-state index contributed by atoms with van der Waals surface area (Å²) in [6.45, 7) is 2.24. The minimum absolute atomic E-state index is 0.00989. The minimum atomic E-state index is -3.88. The fourth-order valence-electron chi connectivity index (χ4n) is 8.99.